The lowest BCUT2D eigenvalue weighted by Crippen LogP contribution is -2.76. The minimum Gasteiger partial charge on any atom is -0.508 e. The van der Waals surface area contributed by atoms with Crippen molar-refractivity contribution in [2.45, 2.75) is 31.7 Å². The van der Waals surface area contributed by atoms with Crippen LogP contribution in [-0.2, 0) is 29.1 Å². The van der Waals surface area contributed by atoms with Gasteiger partial charge in [0.05, 0.1) is 24.8 Å². The minimum atomic E-state index is -0.891. The van der Waals surface area contributed by atoms with E-state index >= 15 is 0 Å². The molecule has 2 saturated heterocycles. The summed E-state index contributed by atoms with van der Waals surface area (Å²) in [6.45, 7) is 4.55. The highest BCUT2D eigenvalue weighted by Gasteiger charge is 2.51. The molecule has 0 radical (unpaired) electrons. The zero-order valence-corrected chi connectivity index (χ0v) is 24.7. The Morgan fingerprint density at radius 2 is 1.89 bits per heavy atom. The summed E-state index contributed by atoms with van der Waals surface area (Å²) in [5.41, 5.74) is 3.21. The van der Waals surface area contributed by atoms with Crippen molar-refractivity contribution in [2.24, 2.45) is 0 Å². The van der Waals surface area contributed by atoms with Crippen molar-refractivity contribution in [3.8, 4) is 5.75 Å². The van der Waals surface area contributed by atoms with E-state index in [0.29, 0.717) is 11.6 Å². The van der Waals surface area contributed by atoms with Crippen LogP contribution in [0.15, 0.2) is 85.6 Å². The van der Waals surface area contributed by atoms with Gasteiger partial charge in [0.2, 0.25) is 11.8 Å². The molecule has 2 aliphatic rings. The van der Waals surface area contributed by atoms with Gasteiger partial charge in [-0.1, -0.05) is 60.1 Å². The molecule has 0 bridgehead atoms. The molecule has 1 aromatic heterocycles. The van der Waals surface area contributed by atoms with Crippen molar-refractivity contribution in [2.75, 3.05) is 19.6 Å². The normalized spacial score (nSPS) is 18.9. The lowest BCUT2D eigenvalue weighted by Gasteiger charge is -2.55. The van der Waals surface area contributed by atoms with Crippen LogP contribution in [0.4, 0.5) is 4.79 Å². The molecule has 3 aromatic carbocycles. The van der Waals surface area contributed by atoms with Crippen LogP contribution in [0.2, 0.25) is 5.02 Å². The number of benzene rings is 3. The number of urea groups is 1. The van der Waals surface area contributed by atoms with Gasteiger partial charge in [-0.3, -0.25) is 14.7 Å². The van der Waals surface area contributed by atoms with Crippen molar-refractivity contribution in [1.82, 2.24) is 35.3 Å². The molecule has 2 aliphatic heterocycles. The number of hydrogen-bond donors (Lipinski definition) is 3. The Morgan fingerprint density at radius 1 is 1.11 bits per heavy atom. The highest BCUT2D eigenvalue weighted by molar-refractivity contribution is 6.31. The lowest BCUT2D eigenvalue weighted by atomic mass is 9.98. The fourth-order valence-electron chi connectivity index (χ4n) is 5.97. The lowest BCUT2D eigenvalue weighted by molar-refractivity contribution is -0.189. The first-order valence-electron chi connectivity index (χ1n) is 14.3. The highest BCUT2D eigenvalue weighted by atomic mass is 35.5. The molecule has 0 saturated carbocycles. The topological polar surface area (TPSA) is 125 Å². The number of piperazine rings is 1. The van der Waals surface area contributed by atoms with Crippen LogP contribution < -0.4 is 5.32 Å². The Hall–Kier alpha value is -4.87. The summed E-state index contributed by atoms with van der Waals surface area (Å²) in [6.07, 6.45) is 2.72. The van der Waals surface area contributed by atoms with Crippen LogP contribution in [0, 0.1) is 0 Å². The Balaban J connectivity index is 1.37. The number of phenols is 1. The molecule has 12 heteroatoms. The first-order valence-corrected chi connectivity index (χ1v) is 14.7. The number of nitrogens with one attached hydrogen (secondary N) is 2. The minimum absolute atomic E-state index is 0.0746. The maximum atomic E-state index is 14.2. The third-order valence-electron chi connectivity index (χ3n) is 7.99. The van der Waals surface area contributed by atoms with Gasteiger partial charge in [-0.15, -0.1) is 6.58 Å². The standard InChI is InChI=1S/C32H32ClN7O4/c1-2-12-38-20-29(42)39-27(13-21-8-10-26(41)11-9-21)31(43)37(18-24-15-25(33)14-23-17-35-36-30(23)24)19-28(39)40(38)32(44)34-16-22-6-4-3-5-7-22/h2-11,14-15,17,27-28,41H,1,12-13,16,18-20H2,(H,34,44)(H,35,36)/t27-,28-/m0/s1. The SMILES string of the molecule is C=CCN1CC(=O)N2[C@@H](Cc3ccc(O)cc3)C(=O)N(Cc3cc(Cl)cc4cn[nH]c34)C[C@@H]2N1C(=O)NCc1ccccc1. The number of halogens is 1. The smallest absolute Gasteiger partial charge is 0.334 e. The van der Waals surface area contributed by atoms with E-state index in [9.17, 15) is 19.5 Å². The number of aromatic amines is 1. The summed E-state index contributed by atoms with van der Waals surface area (Å²) in [7, 11) is 0. The molecule has 6 rings (SSSR count). The van der Waals surface area contributed by atoms with Gasteiger partial charge in [0, 0.05) is 36.5 Å². The largest absolute Gasteiger partial charge is 0.508 e. The molecule has 0 aliphatic carbocycles. The van der Waals surface area contributed by atoms with Crippen molar-refractivity contribution in [3.05, 3.63) is 107 Å². The summed E-state index contributed by atoms with van der Waals surface area (Å²) >= 11 is 6.42. The van der Waals surface area contributed by atoms with Crippen molar-refractivity contribution in [3.63, 3.8) is 0 Å². The predicted octanol–water partition coefficient (Wildman–Crippen LogP) is 3.66. The van der Waals surface area contributed by atoms with Crippen molar-refractivity contribution in [1.29, 1.82) is 0 Å². The van der Waals surface area contributed by atoms with E-state index in [0.717, 1.165) is 27.6 Å². The van der Waals surface area contributed by atoms with Crippen LogP contribution in [0.3, 0.4) is 0 Å². The number of phenolic OH excluding ortho intramolecular Hbond substituents is 1. The zero-order valence-electron chi connectivity index (χ0n) is 23.9. The zero-order chi connectivity index (χ0) is 30.8. The van der Waals surface area contributed by atoms with E-state index < -0.39 is 18.2 Å². The molecular formula is C32H32ClN7O4. The van der Waals surface area contributed by atoms with Gasteiger partial charge < -0.3 is 20.2 Å². The second kappa shape index (κ2) is 12.4. The Labute approximate surface area is 259 Å². The van der Waals surface area contributed by atoms with Gasteiger partial charge in [0.25, 0.3) is 0 Å². The Morgan fingerprint density at radius 3 is 2.64 bits per heavy atom. The van der Waals surface area contributed by atoms with Crippen LogP contribution in [0.1, 0.15) is 16.7 Å². The first kappa shape index (κ1) is 29.2. The van der Waals surface area contributed by atoms with Gasteiger partial charge in [0.15, 0.2) is 0 Å². The van der Waals surface area contributed by atoms with E-state index in [1.165, 1.54) is 4.90 Å². The van der Waals surface area contributed by atoms with Gasteiger partial charge in [0.1, 0.15) is 18.0 Å². The quantitative estimate of drug-likeness (QED) is 0.261. The number of carbonyl (C=O) groups is 3. The fourth-order valence-corrected chi connectivity index (χ4v) is 6.22. The average molecular weight is 614 g/mol. The third-order valence-corrected chi connectivity index (χ3v) is 8.20. The van der Waals surface area contributed by atoms with Crippen LogP contribution in [-0.4, -0.2) is 84.8 Å². The molecule has 0 unspecified atom stereocenters. The number of amides is 4. The highest BCUT2D eigenvalue weighted by Crippen LogP contribution is 2.31. The van der Waals surface area contributed by atoms with E-state index in [4.69, 9.17) is 11.6 Å². The number of hydrogen-bond acceptors (Lipinski definition) is 6. The first-order chi connectivity index (χ1) is 21.3. The molecule has 44 heavy (non-hydrogen) atoms. The van der Waals surface area contributed by atoms with E-state index in [2.05, 4.69) is 22.1 Å². The summed E-state index contributed by atoms with van der Waals surface area (Å²) < 4.78 is 0. The number of fused-ring (bicyclic) bond motifs is 2. The predicted molar refractivity (Wildman–Crippen MR) is 165 cm³/mol. The van der Waals surface area contributed by atoms with Crippen LogP contribution in [0.25, 0.3) is 10.9 Å². The van der Waals surface area contributed by atoms with Crippen LogP contribution in [0.5, 0.6) is 5.75 Å². The maximum absolute atomic E-state index is 14.2. The summed E-state index contributed by atoms with van der Waals surface area (Å²) in [5.74, 6) is -0.417. The van der Waals surface area contributed by atoms with Crippen molar-refractivity contribution < 1.29 is 19.5 Å². The molecule has 4 aromatic rings. The molecule has 226 valence electrons. The number of nitrogens with zero attached hydrogens (tertiary/aromatic N) is 5. The number of aromatic hydroxyl groups is 1. The monoisotopic (exact) mass is 613 g/mol. The number of aromatic nitrogens is 2. The number of rotatable bonds is 8. The van der Waals surface area contributed by atoms with Gasteiger partial charge >= 0.3 is 6.03 Å². The van der Waals surface area contributed by atoms with E-state index in [1.54, 1.807) is 63.6 Å². The molecule has 2 fully saturated rings. The van der Waals surface area contributed by atoms with Gasteiger partial charge in [-0.25, -0.2) is 14.8 Å². The maximum Gasteiger partial charge on any atom is 0.334 e. The molecule has 3 heterocycles. The Kier molecular flexibility index (Phi) is 8.23. The Bertz CT molecular complexity index is 1690. The van der Waals surface area contributed by atoms with Gasteiger partial charge in [-0.2, -0.15) is 5.10 Å². The molecule has 0 spiro atoms. The third kappa shape index (κ3) is 5.84. The molecule has 4 amide bonds. The number of hydrazine groups is 1. The number of H-pyrrole nitrogens is 1. The summed E-state index contributed by atoms with van der Waals surface area (Å²) in [4.78, 5) is 45.1. The second-order valence-electron chi connectivity index (χ2n) is 10.9. The number of carbonyl (C=O) groups excluding carboxylic acids is 3. The molecule has 2 atom stereocenters. The fraction of sp³-hybridized carbons (Fsp3) is 0.250. The summed E-state index contributed by atoms with van der Waals surface area (Å²) in [6, 6.07) is 18.4. The average Bonchev–Trinajstić information content (AvgIpc) is 3.48. The molecule has 11 nitrogen and oxygen atoms in total. The molecule has 3 N–H and O–H groups in total. The van der Waals surface area contributed by atoms with E-state index in [-0.39, 0.29) is 50.2 Å². The molecular weight excluding hydrogens is 582 g/mol. The van der Waals surface area contributed by atoms with Crippen molar-refractivity contribution >= 4 is 40.3 Å². The van der Waals surface area contributed by atoms with E-state index in [1.807, 2.05) is 30.3 Å². The van der Waals surface area contributed by atoms with Gasteiger partial charge in [-0.05, 0) is 41.0 Å². The summed E-state index contributed by atoms with van der Waals surface area (Å²) in [5, 5.41) is 24.5. The second-order valence-corrected chi connectivity index (χ2v) is 11.3. The van der Waals surface area contributed by atoms with Crippen LogP contribution >= 0.6 is 11.6 Å².